The van der Waals surface area contributed by atoms with Crippen LogP contribution in [-0.4, -0.2) is 34.3 Å². The Hall–Kier alpha value is -2.50. The highest BCUT2D eigenvalue weighted by molar-refractivity contribution is 5.90. The molecule has 0 saturated carbocycles. The number of anilines is 1. The zero-order valence-electron chi connectivity index (χ0n) is 12.4. The Morgan fingerprint density at radius 2 is 2.36 bits per heavy atom. The topological polar surface area (TPSA) is 70.2 Å². The van der Waals surface area contributed by atoms with Crippen LogP contribution in [0.5, 0.6) is 5.75 Å². The number of benzene rings is 1. The summed E-state index contributed by atoms with van der Waals surface area (Å²) < 4.78 is 5.20. The van der Waals surface area contributed by atoms with Crippen LogP contribution in [0.1, 0.15) is 30.1 Å². The van der Waals surface area contributed by atoms with Gasteiger partial charge in [0, 0.05) is 35.5 Å². The number of nitrogens with zero attached hydrogens (tertiary/aromatic N) is 2. The van der Waals surface area contributed by atoms with Crippen molar-refractivity contribution < 1.29 is 9.53 Å². The highest BCUT2D eigenvalue weighted by Gasteiger charge is 2.43. The van der Waals surface area contributed by atoms with Crippen LogP contribution < -0.4 is 10.1 Å². The molecule has 2 aliphatic rings. The van der Waals surface area contributed by atoms with E-state index in [0.717, 1.165) is 36.3 Å². The molecule has 2 aromatic rings. The Bertz CT molecular complexity index is 712. The molecule has 2 atom stereocenters. The number of ether oxygens (including phenoxy) is 1. The number of amides is 2. The SMILES string of the molecule is COc1cccc(NC(=O)N2C3CCC2c2cn[nH]c2C3)c1. The molecule has 0 spiro atoms. The van der Waals surface area contributed by atoms with Crippen LogP contribution in [0.25, 0.3) is 0 Å². The maximum Gasteiger partial charge on any atom is 0.322 e. The van der Waals surface area contributed by atoms with E-state index in [2.05, 4.69) is 15.5 Å². The van der Waals surface area contributed by atoms with E-state index < -0.39 is 0 Å². The lowest BCUT2D eigenvalue weighted by atomic mass is 10.0. The van der Waals surface area contributed by atoms with Gasteiger partial charge in [-0.25, -0.2) is 4.79 Å². The molecular formula is C16H18N4O2. The predicted molar refractivity (Wildman–Crippen MR) is 81.9 cm³/mol. The number of carbonyl (C=O) groups is 1. The molecule has 0 radical (unpaired) electrons. The van der Waals surface area contributed by atoms with Gasteiger partial charge in [0.15, 0.2) is 0 Å². The first kappa shape index (κ1) is 13.2. The maximum absolute atomic E-state index is 12.7. The minimum Gasteiger partial charge on any atom is -0.497 e. The smallest absolute Gasteiger partial charge is 0.322 e. The highest BCUT2D eigenvalue weighted by Crippen LogP contribution is 2.43. The summed E-state index contributed by atoms with van der Waals surface area (Å²) >= 11 is 0. The molecule has 114 valence electrons. The summed E-state index contributed by atoms with van der Waals surface area (Å²) in [6.45, 7) is 0. The van der Waals surface area contributed by atoms with Gasteiger partial charge in [0.2, 0.25) is 0 Å². The molecule has 4 rings (SSSR count). The molecule has 1 fully saturated rings. The van der Waals surface area contributed by atoms with Crippen molar-refractivity contribution in [2.24, 2.45) is 0 Å². The van der Waals surface area contributed by atoms with Gasteiger partial charge in [0.25, 0.3) is 0 Å². The zero-order valence-corrected chi connectivity index (χ0v) is 12.4. The molecule has 1 aromatic heterocycles. The molecule has 2 aliphatic heterocycles. The van der Waals surface area contributed by atoms with Crippen LogP contribution in [-0.2, 0) is 6.42 Å². The first-order chi connectivity index (χ1) is 10.8. The first-order valence-electron chi connectivity index (χ1n) is 7.52. The van der Waals surface area contributed by atoms with Crippen molar-refractivity contribution in [3.63, 3.8) is 0 Å². The largest absolute Gasteiger partial charge is 0.497 e. The van der Waals surface area contributed by atoms with Gasteiger partial charge in [-0.05, 0) is 25.0 Å². The lowest BCUT2D eigenvalue weighted by Gasteiger charge is -2.34. The molecule has 1 saturated heterocycles. The third-order valence-corrected chi connectivity index (χ3v) is 4.61. The molecule has 2 unspecified atom stereocenters. The van der Waals surface area contributed by atoms with E-state index >= 15 is 0 Å². The fourth-order valence-electron chi connectivity index (χ4n) is 3.59. The van der Waals surface area contributed by atoms with Gasteiger partial charge in [0.1, 0.15) is 5.75 Å². The van der Waals surface area contributed by atoms with Gasteiger partial charge >= 0.3 is 6.03 Å². The molecule has 6 nitrogen and oxygen atoms in total. The Morgan fingerprint density at radius 3 is 3.23 bits per heavy atom. The molecule has 3 heterocycles. The molecule has 2 N–H and O–H groups in total. The molecule has 22 heavy (non-hydrogen) atoms. The maximum atomic E-state index is 12.7. The van der Waals surface area contributed by atoms with Gasteiger partial charge in [-0.3, -0.25) is 5.10 Å². The van der Waals surface area contributed by atoms with Crippen molar-refractivity contribution >= 4 is 11.7 Å². The lowest BCUT2D eigenvalue weighted by Crippen LogP contribution is -2.44. The third kappa shape index (κ3) is 2.03. The summed E-state index contributed by atoms with van der Waals surface area (Å²) in [6.07, 6.45) is 4.76. The van der Waals surface area contributed by atoms with Gasteiger partial charge < -0.3 is 15.0 Å². The molecule has 6 heteroatoms. The summed E-state index contributed by atoms with van der Waals surface area (Å²) in [4.78, 5) is 14.7. The van der Waals surface area contributed by atoms with Crippen LogP contribution in [0.2, 0.25) is 0 Å². The number of nitrogens with one attached hydrogen (secondary N) is 2. The number of rotatable bonds is 2. The second kappa shape index (κ2) is 5.05. The summed E-state index contributed by atoms with van der Waals surface area (Å²) in [6, 6.07) is 7.77. The Balaban J connectivity index is 1.56. The zero-order chi connectivity index (χ0) is 15.1. The number of methoxy groups -OCH3 is 1. The minimum absolute atomic E-state index is 0.0485. The van der Waals surface area contributed by atoms with Crippen molar-refractivity contribution in [1.82, 2.24) is 15.1 Å². The predicted octanol–water partition coefficient (Wildman–Crippen LogP) is 2.71. The fraction of sp³-hybridized carbons (Fsp3) is 0.375. The second-order valence-electron chi connectivity index (χ2n) is 5.82. The lowest BCUT2D eigenvalue weighted by molar-refractivity contribution is 0.179. The minimum atomic E-state index is -0.0485. The number of urea groups is 1. The van der Waals surface area contributed by atoms with Crippen molar-refractivity contribution in [1.29, 1.82) is 0 Å². The quantitative estimate of drug-likeness (QED) is 0.895. The van der Waals surface area contributed by atoms with Crippen molar-refractivity contribution in [2.75, 3.05) is 12.4 Å². The third-order valence-electron chi connectivity index (χ3n) is 4.61. The molecule has 2 bridgehead atoms. The fourth-order valence-corrected chi connectivity index (χ4v) is 3.59. The van der Waals surface area contributed by atoms with Gasteiger partial charge in [-0.2, -0.15) is 5.10 Å². The van der Waals surface area contributed by atoms with Crippen molar-refractivity contribution in [2.45, 2.75) is 31.3 Å². The number of carbonyl (C=O) groups excluding carboxylic acids is 1. The number of aromatic nitrogens is 2. The molecule has 2 amide bonds. The number of fused-ring (bicyclic) bond motifs is 4. The number of H-pyrrole nitrogens is 1. The number of aromatic amines is 1. The van der Waals surface area contributed by atoms with Gasteiger partial charge in [-0.1, -0.05) is 6.07 Å². The van der Waals surface area contributed by atoms with Crippen molar-refractivity contribution in [3.8, 4) is 5.75 Å². The van der Waals surface area contributed by atoms with E-state index in [4.69, 9.17) is 4.74 Å². The Morgan fingerprint density at radius 1 is 1.45 bits per heavy atom. The van der Waals surface area contributed by atoms with Crippen LogP contribution >= 0.6 is 0 Å². The van der Waals surface area contributed by atoms with E-state index in [-0.39, 0.29) is 18.1 Å². The van der Waals surface area contributed by atoms with Gasteiger partial charge in [-0.15, -0.1) is 0 Å². The molecular weight excluding hydrogens is 280 g/mol. The summed E-state index contributed by atoms with van der Waals surface area (Å²) in [5.74, 6) is 0.733. The Kier molecular flexibility index (Phi) is 3.03. The second-order valence-corrected chi connectivity index (χ2v) is 5.82. The van der Waals surface area contributed by atoms with E-state index in [9.17, 15) is 4.79 Å². The average molecular weight is 298 g/mol. The average Bonchev–Trinajstić information content (AvgIpc) is 3.12. The first-order valence-corrected chi connectivity index (χ1v) is 7.52. The standard InChI is InChI=1S/C16H18N4O2/c1-22-12-4-2-3-10(7-12)18-16(21)20-11-5-6-15(20)13-9-17-19-14(13)8-11/h2-4,7,9,11,15H,5-6,8H2,1H3,(H,17,19)(H,18,21). The van der Waals surface area contributed by atoms with Crippen LogP contribution in [0.3, 0.4) is 0 Å². The van der Waals surface area contributed by atoms with Crippen molar-refractivity contribution in [3.05, 3.63) is 41.7 Å². The van der Waals surface area contributed by atoms with E-state index in [1.807, 2.05) is 35.4 Å². The Labute approximate surface area is 128 Å². The van der Waals surface area contributed by atoms with Gasteiger partial charge in [0.05, 0.1) is 19.3 Å². The summed E-state index contributed by atoms with van der Waals surface area (Å²) in [5.41, 5.74) is 3.09. The highest BCUT2D eigenvalue weighted by atomic mass is 16.5. The number of hydrogen-bond donors (Lipinski definition) is 2. The normalized spacial score (nSPS) is 22.3. The van der Waals surface area contributed by atoms with E-state index in [1.165, 1.54) is 5.69 Å². The summed E-state index contributed by atoms with van der Waals surface area (Å²) in [7, 11) is 1.62. The van der Waals surface area contributed by atoms with Crippen LogP contribution in [0.4, 0.5) is 10.5 Å². The number of hydrogen-bond acceptors (Lipinski definition) is 3. The van der Waals surface area contributed by atoms with Crippen LogP contribution in [0, 0.1) is 0 Å². The molecule has 0 aliphatic carbocycles. The molecule has 1 aromatic carbocycles. The monoisotopic (exact) mass is 298 g/mol. The van der Waals surface area contributed by atoms with E-state index in [0.29, 0.717) is 0 Å². The summed E-state index contributed by atoms with van der Waals surface area (Å²) in [5, 5.41) is 10.2. The van der Waals surface area contributed by atoms with E-state index in [1.54, 1.807) is 7.11 Å². The van der Waals surface area contributed by atoms with Crippen LogP contribution in [0.15, 0.2) is 30.5 Å².